The highest BCUT2D eigenvalue weighted by Crippen LogP contribution is 2.24. The molecule has 4 rings (SSSR count). The van der Waals surface area contributed by atoms with Crippen LogP contribution < -0.4 is 15.5 Å². The first kappa shape index (κ1) is 21.6. The number of rotatable bonds is 6. The maximum atomic E-state index is 13.9. The number of nitrogens with zero attached hydrogens (tertiary/aromatic N) is 1. The number of anilines is 1. The average Bonchev–Trinajstić information content (AvgIpc) is 2.84. The first-order valence-electron chi connectivity index (χ1n) is 10.8. The van der Waals surface area contributed by atoms with Crippen LogP contribution in [0.3, 0.4) is 0 Å². The highest BCUT2D eigenvalue weighted by atomic mass is 19.1. The fraction of sp³-hybridized carbons (Fsp3) is 0.231. The number of para-hydroxylation sites is 1. The minimum Gasteiger partial charge on any atom is -0.371 e. The van der Waals surface area contributed by atoms with Crippen LogP contribution >= 0.6 is 0 Å². The first-order valence-corrected chi connectivity index (χ1v) is 10.8. The zero-order valence-electron chi connectivity index (χ0n) is 17.8. The fourth-order valence-corrected chi connectivity index (χ4v) is 3.99. The quantitative estimate of drug-likeness (QED) is 0.616. The normalized spacial score (nSPS) is 14.1. The van der Waals surface area contributed by atoms with Crippen molar-refractivity contribution in [3.63, 3.8) is 0 Å². The zero-order valence-corrected chi connectivity index (χ0v) is 17.8. The Morgan fingerprint density at radius 1 is 0.812 bits per heavy atom. The van der Waals surface area contributed by atoms with Crippen molar-refractivity contribution in [3.05, 3.63) is 101 Å². The Hall–Kier alpha value is -3.67. The summed E-state index contributed by atoms with van der Waals surface area (Å²) in [5.74, 6) is -1.01. The highest BCUT2D eigenvalue weighted by Gasteiger charge is 2.24. The van der Waals surface area contributed by atoms with E-state index >= 15 is 0 Å². The van der Waals surface area contributed by atoms with E-state index in [9.17, 15) is 14.0 Å². The molecule has 5 nitrogen and oxygen atoms in total. The maximum Gasteiger partial charge on any atom is 0.254 e. The van der Waals surface area contributed by atoms with E-state index in [1.807, 2.05) is 54.6 Å². The number of nitrogens with one attached hydrogen (secondary N) is 2. The van der Waals surface area contributed by atoms with Gasteiger partial charge in [0.1, 0.15) is 5.82 Å². The predicted octanol–water partition coefficient (Wildman–Crippen LogP) is 4.15. The summed E-state index contributed by atoms with van der Waals surface area (Å²) in [5.41, 5.74) is 2.63. The lowest BCUT2D eigenvalue weighted by atomic mass is 10.0. The third kappa shape index (κ3) is 5.14. The molecule has 32 heavy (non-hydrogen) atoms. The van der Waals surface area contributed by atoms with E-state index in [4.69, 9.17) is 0 Å². The van der Waals surface area contributed by atoms with E-state index in [0.29, 0.717) is 25.2 Å². The average molecular weight is 432 g/mol. The van der Waals surface area contributed by atoms with Crippen molar-refractivity contribution in [2.24, 2.45) is 0 Å². The maximum absolute atomic E-state index is 13.9. The topological polar surface area (TPSA) is 61.4 Å². The van der Waals surface area contributed by atoms with Crippen molar-refractivity contribution >= 4 is 17.5 Å². The van der Waals surface area contributed by atoms with Crippen LogP contribution in [0.4, 0.5) is 10.1 Å². The van der Waals surface area contributed by atoms with E-state index in [1.165, 1.54) is 12.1 Å². The number of amides is 2. The van der Waals surface area contributed by atoms with Gasteiger partial charge in [-0.25, -0.2) is 4.39 Å². The molecule has 0 aromatic heterocycles. The van der Waals surface area contributed by atoms with Crippen LogP contribution in [0.2, 0.25) is 0 Å². The molecule has 0 spiro atoms. The minimum absolute atomic E-state index is 0.0302. The monoisotopic (exact) mass is 431 g/mol. The van der Waals surface area contributed by atoms with Gasteiger partial charge in [-0.15, -0.1) is 0 Å². The van der Waals surface area contributed by atoms with E-state index in [1.54, 1.807) is 12.1 Å². The van der Waals surface area contributed by atoms with Crippen LogP contribution in [0.5, 0.6) is 0 Å². The number of carbonyl (C=O) groups is 2. The minimum atomic E-state index is -0.516. The van der Waals surface area contributed by atoms with Crippen molar-refractivity contribution in [2.75, 3.05) is 18.0 Å². The van der Waals surface area contributed by atoms with Crippen LogP contribution in [-0.2, 0) is 6.54 Å². The molecule has 0 unspecified atom stereocenters. The molecule has 164 valence electrons. The molecule has 3 aromatic carbocycles. The Balaban J connectivity index is 1.36. The molecule has 1 saturated heterocycles. The second kappa shape index (κ2) is 10.1. The van der Waals surface area contributed by atoms with Gasteiger partial charge in [-0.2, -0.15) is 0 Å². The third-order valence-electron chi connectivity index (χ3n) is 5.73. The molecule has 2 N–H and O–H groups in total. The Morgan fingerprint density at radius 3 is 2.16 bits per heavy atom. The molecule has 1 fully saturated rings. The lowest BCUT2D eigenvalue weighted by Gasteiger charge is -2.35. The number of benzene rings is 3. The summed E-state index contributed by atoms with van der Waals surface area (Å²) in [6, 6.07) is 23.4. The lowest BCUT2D eigenvalue weighted by molar-refractivity contribution is 0.0925. The summed E-state index contributed by atoms with van der Waals surface area (Å²) in [7, 11) is 0. The van der Waals surface area contributed by atoms with Gasteiger partial charge >= 0.3 is 0 Å². The number of hydrogen-bond acceptors (Lipinski definition) is 3. The van der Waals surface area contributed by atoms with Crippen LogP contribution in [0.15, 0.2) is 78.9 Å². The Kier molecular flexibility index (Phi) is 6.80. The molecule has 0 bridgehead atoms. The third-order valence-corrected chi connectivity index (χ3v) is 5.73. The van der Waals surface area contributed by atoms with E-state index < -0.39 is 5.82 Å². The van der Waals surface area contributed by atoms with Gasteiger partial charge in [0.2, 0.25) is 0 Å². The first-order chi connectivity index (χ1) is 15.6. The molecule has 1 heterocycles. The molecule has 0 atom stereocenters. The molecular formula is C26H26FN3O2. The molecule has 0 radical (unpaired) electrons. The molecule has 1 aliphatic rings. The molecular weight excluding hydrogens is 405 g/mol. The van der Waals surface area contributed by atoms with E-state index in [2.05, 4.69) is 15.5 Å². The second-order valence-electron chi connectivity index (χ2n) is 7.90. The van der Waals surface area contributed by atoms with Crippen LogP contribution in [0.1, 0.15) is 39.1 Å². The van der Waals surface area contributed by atoms with Crippen molar-refractivity contribution in [1.82, 2.24) is 10.6 Å². The second-order valence-corrected chi connectivity index (χ2v) is 7.90. The molecule has 0 saturated carbocycles. The standard InChI is InChI=1S/C26H26FN3O2/c27-23-12-6-4-10-21(23)26(32)29-20-14-16-30(17-15-20)24-13-7-5-11-22(24)25(31)28-18-19-8-2-1-3-9-19/h1-13,20H,14-18H2,(H,28,31)(H,29,32). The van der Waals surface area contributed by atoms with Gasteiger partial charge in [-0.3, -0.25) is 9.59 Å². The summed E-state index contributed by atoms with van der Waals surface area (Å²) in [5, 5.41) is 5.93. The van der Waals surface area contributed by atoms with Gasteiger partial charge in [0.15, 0.2) is 0 Å². The molecule has 2 amide bonds. The Bertz CT molecular complexity index is 1080. The van der Waals surface area contributed by atoms with Gasteiger partial charge in [-0.1, -0.05) is 54.6 Å². The Morgan fingerprint density at radius 2 is 1.44 bits per heavy atom. The van der Waals surface area contributed by atoms with Crippen molar-refractivity contribution in [1.29, 1.82) is 0 Å². The van der Waals surface area contributed by atoms with Crippen LogP contribution in [0.25, 0.3) is 0 Å². The molecule has 0 aliphatic carbocycles. The summed E-state index contributed by atoms with van der Waals surface area (Å²) in [6.45, 7) is 1.87. The van der Waals surface area contributed by atoms with Gasteiger partial charge < -0.3 is 15.5 Å². The number of piperidine rings is 1. The van der Waals surface area contributed by atoms with Gasteiger partial charge in [0, 0.05) is 31.4 Å². The lowest BCUT2D eigenvalue weighted by Crippen LogP contribution is -2.45. The van der Waals surface area contributed by atoms with Gasteiger partial charge in [-0.05, 0) is 42.7 Å². The molecule has 6 heteroatoms. The highest BCUT2D eigenvalue weighted by molar-refractivity contribution is 5.99. The summed E-state index contributed by atoms with van der Waals surface area (Å²) in [6.07, 6.45) is 1.44. The summed E-state index contributed by atoms with van der Waals surface area (Å²) < 4.78 is 13.9. The molecule has 1 aliphatic heterocycles. The van der Waals surface area contributed by atoms with Crippen LogP contribution in [-0.4, -0.2) is 30.9 Å². The van der Waals surface area contributed by atoms with Crippen molar-refractivity contribution < 1.29 is 14.0 Å². The number of halogens is 1. The van der Waals surface area contributed by atoms with Crippen LogP contribution in [0, 0.1) is 5.82 Å². The summed E-state index contributed by atoms with van der Waals surface area (Å²) >= 11 is 0. The van der Waals surface area contributed by atoms with Crippen molar-refractivity contribution in [3.8, 4) is 0 Å². The zero-order chi connectivity index (χ0) is 22.3. The van der Waals surface area contributed by atoms with Gasteiger partial charge in [0.25, 0.3) is 11.8 Å². The van der Waals surface area contributed by atoms with Gasteiger partial charge in [0.05, 0.1) is 11.1 Å². The predicted molar refractivity (Wildman–Crippen MR) is 123 cm³/mol. The fourth-order valence-electron chi connectivity index (χ4n) is 3.99. The van der Waals surface area contributed by atoms with E-state index in [0.717, 1.165) is 24.1 Å². The number of carbonyl (C=O) groups excluding carboxylic acids is 2. The number of hydrogen-bond donors (Lipinski definition) is 2. The van der Waals surface area contributed by atoms with Crippen molar-refractivity contribution in [2.45, 2.75) is 25.4 Å². The SMILES string of the molecule is O=C(NC1CCN(c2ccccc2C(=O)NCc2ccccc2)CC1)c1ccccc1F. The molecule has 3 aromatic rings. The smallest absolute Gasteiger partial charge is 0.254 e. The Labute approximate surface area is 187 Å². The van der Waals surface area contributed by atoms with E-state index in [-0.39, 0.29) is 23.4 Å². The largest absolute Gasteiger partial charge is 0.371 e. The summed E-state index contributed by atoms with van der Waals surface area (Å²) in [4.78, 5) is 27.4.